The Balaban J connectivity index is 1.63. The predicted octanol–water partition coefficient (Wildman–Crippen LogP) is 4.71. The molecule has 8 nitrogen and oxygen atoms in total. The van der Waals surface area contributed by atoms with E-state index in [1.165, 1.54) is 42.6 Å². The average Bonchev–Trinajstić information content (AvgIpc) is 2.75. The van der Waals surface area contributed by atoms with Gasteiger partial charge in [0.25, 0.3) is 5.91 Å². The summed E-state index contributed by atoms with van der Waals surface area (Å²) in [6, 6.07) is 16.4. The lowest BCUT2D eigenvalue weighted by atomic mass is 10.2. The topological polar surface area (TPSA) is 103 Å². The van der Waals surface area contributed by atoms with Crippen LogP contribution in [-0.4, -0.2) is 23.7 Å². The molecule has 1 amide bonds. The van der Waals surface area contributed by atoms with Gasteiger partial charge in [-0.1, -0.05) is 35.9 Å². The molecular formula is C21H15ClFN3O5. The SMILES string of the molecule is O=C(COc1ccccc1F)N/N=C/c1ccc(Oc2ccccc2Cl)c([N+](=O)[O-])c1. The first-order valence-corrected chi connectivity index (χ1v) is 9.22. The highest BCUT2D eigenvalue weighted by molar-refractivity contribution is 6.32. The Labute approximate surface area is 181 Å². The molecule has 0 aliphatic rings. The number of hydrazone groups is 1. The molecule has 31 heavy (non-hydrogen) atoms. The van der Waals surface area contributed by atoms with Gasteiger partial charge in [0.05, 0.1) is 16.2 Å². The number of para-hydroxylation sites is 2. The van der Waals surface area contributed by atoms with Crippen molar-refractivity contribution in [3.8, 4) is 17.2 Å². The maximum absolute atomic E-state index is 13.4. The number of ether oxygens (including phenoxy) is 2. The number of carbonyl (C=O) groups is 1. The third kappa shape index (κ3) is 6.00. The summed E-state index contributed by atoms with van der Waals surface area (Å²) in [6.45, 7) is -0.455. The van der Waals surface area contributed by atoms with Crippen molar-refractivity contribution in [2.45, 2.75) is 0 Å². The van der Waals surface area contributed by atoms with Crippen LogP contribution in [0.3, 0.4) is 0 Å². The summed E-state index contributed by atoms with van der Waals surface area (Å²) in [5, 5.41) is 15.4. The molecule has 0 bridgehead atoms. The Morgan fingerprint density at radius 2 is 1.81 bits per heavy atom. The van der Waals surface area contributed by atoms with Crippen LogP contribution in [0.2, 0.25) is 5.02 Å². The lowest BCUT2D eigenvalue weighted by Gasteiger charge is -2.08. The van der Waals surface area contributed by atoms with Crippen LogP contribution in [0.1, 0.15) is 5.56 Å². The van der Waals surface area contributed by atoms with Crippen molar-refractivity contribution >= 4 is 29.4 Å². The zero-order valence-corrected chi connectivity index (χ0v) is 16.6. The van der Waals surface area contributed by atoms with Crippen LogP contribution in [0, 0.1) is 15.9 Å². The lowest BCUT2D eigenvalue weighted by Crippen LogP contribution is -2.24. The number of hydrogen-bond acceptors (Lipinski definition) is 6. The number of benzene rings is 3. The minimum absolute atomic E-state index is 0.00225. The Morgan fingerprint density at radius 3 is 2.52 bits per heavy atom. The molecule has 3 rings (SSSR count). The van der Waals surface area contributed by atoms with E-state index in [1.54, 1.807) is 30.3 Å². The van der Waals surface area contributed by atoms with E-state index in [1.807, 2.05) is 0 Å². The number of hydrogen-bond donors (Lipinski definition) is 1. The highest BCUT2D eigenvalue weighted by Gasteiger charge is 2.17. The number of nitro benzene ring substituents is 1. The second-order valence-electron chi connectivity index (χ2n) is 6.03. The van der Waals surface area contributed by atoms with E-state index in [9.17, 15) is 19.3 Å². The summed E-state index contributed by atoms with van der Waals surface area (Å²) in [7, 11) is 0. The summed E-state index contributed by atoms with van der Waals surface area (Å²) in [4.78, 5) is 22.6. The van der Waals surface area contributed by atoms with E-state index in [0.29, 0.717) is 10.6 Å². The second kappa shape index (κ2) is 10.2. The molecule has 0 fully saturated rings. The molecule has 0 aromatic heterocycles. The van der Waals surface area contributed by atoms with Crippen LogP contribution in [-0.2, 0) is 4.79 Å². The highest BCUT2D eigenvalue weighted by Crippen LogP contribution is 2.35. The van der Waals surface area contributed by atoms with Crippen molar-refractivity contribution in [1.82, 2.24) is 5.43 Å². The molecule has 3 aromatic carbocycles. The van der Waals surface area contributed by atoms with Gasteiger partial charge in [-0.15, -0.1) is 0 Å². The average molecular weight is 444 g/mol. The first kappa shape index (κ1) is 21.7. The maximum Gasteiger partial charge on any atom is 0.312 e. The van der Waals surface area contributed by atoms with Gasteiger partial charge in [-0.3, -0.25) is 14.9 Å². The lowest BCUT2D eigenvalue weighted by molar-refractivity contribution is -0.385. The summed E-state index contributed by atoms with van der Waals surface area (Å²) >= 11 is 6.02. The van der Waals surface area contributed by atoms with Crippen LogP contribution in [0.25, 0.3) is 0 Å². The molecule has 0 unspecified atom stereocenters. The van der Waals surface area contributed by atoms with Gasteiger partial charge in [-0.25, -0.2) is 9.82 Å². The number of nitro groups is 1. The minimum atomic E-state index is -0.632. The molecule has 0 heterocycles. The summed E-state index contributed by atoms with van der Waals surface area (Å²) < 4.78 is 24.1. The number of amides is 1. The quantitative estimate of drug-likeness (QED) is 0.308. The molecule has 0 saturated carbocycles. The summed E-state index contributed by atoms with van der Waals surface area (Å²) in [5.41, 5.74) is 2.23. The largest absolute Gasteiger partial charge is 0.481 e. The molecule has 158 valence electrons. The summed E-state index contributed by atoms with van der Waals surface area (Å²) in [6.07, 6.45) is 1.22. The molecule has 0 spiro atoms. The highest BCUT2D eigenvalue weighted by atomic mass is 35.5. The Bertz CT molecular complexity index is 1140. The van der Waals surface area contributed by atoms with Crippen LogP contribution < -0.4 is 14.9 Å². The number of carbonyl (C=O) groups excluding carboxylic acids is 1. The zero-order chi connectivity index (χ0) is 22.2. The van der Waals surface area contributed by atoms with Gasteiger partial charge < -0.3 is 9.47 Å². The first-order chi connectivity index (χ1) is 14.9. The molecule has 10 heteroatoms. The molecular weight excluding hydrogens is 429 g/mol. The van der Waals surface area contributed by atoms with Crippen LogP contribution in [0.5, 0.6) is 17.2 Å². The Kier molecular flexibility index (Phi) is 7.13. The molecule has 0 atom stereocenters. The predicted molar refractivity (Wildman–Crippen MR) is 112 cm³/mol. The number of rotatable bonds is 8. The van der Waals surface area contributed by atoms with Crippen molar-refractivity contribution < 1.29 is 23.6 Å². The fourth-order valence-electron chi connectivity index (χ4n) is 2.41. The van der Waals surface area contributed by atoms with Crippen molar-refractivity contribution in [3.05, 3.63) is 93.2 Å². The number of nitrogens with zero attached hydrogens (tertiary/aromatic N) is 2. The first-order valence-electron chi connectivity index (χ1n) is 8.84. The molecule has 0 saturated heterocycles. The third-order valence-electron chi connectivity index (χ3n) is 3.83. The molecule has 0 radical (unpaired) electrons. The maximum atomic E-state index is 13.4. The smallest absolute Gasteiger partial charge is 0.312 e. The van der Waals surface area contributed by atoms with E-state index in [2.05, 4.69) is 10.5 Å². The number of nitrogens with one attached hydrogen (secondary N) is 1. The standard InChI is InChI=1S/C21H15ClFN3O5/c22-15-5-1-3-7-18(15)31-20-10-9-14(11-17(20)26(28)29)12-24-25-21(27)13-30-19-8-4-2-6-16(19)23/h1-12H,13H2,(H,25,27)/b24-12+. The molecule has 3 aromatic rings. The van der Waals surface area contributed by atoms with E-state index in [4.69, 9.17) is 21.1 Å². The van der Waals surface area contributed by atoms with E-state index in [0.717, 1.165) is 0 Å². The Morgan fingerprint density at radius 1 is 1.10 bits per heavy atom. The number of halogens is 2. The van der Waals surface area contributed by atoms with Crippen LogP contribution in [0.4, 0.5) is 10.1 Å². The zero-order valence-electron chi connectivity index (χ0n) is 15.8. The monoisotopic (exact) mass is 443 g/mol. The summed E-state index contributed by atoms with van der Waals surface area (Å²) in [5.74, 6) is -1.02. The fourth-order valence-corrected chi connectivity index (χ4v) is 2.58. The molecule has 0 aliphatic heterocycles. The van der Waals surface area contributed by atoms with E-state index in [-0.39, 0.29) is 22.9 Å². The molecule has 0 aliphatic carbocycles. The van der Waals surface area contributed by atoms with Crippen molar-refractivity contribution in [1.29, 1.82) is 0 Å². The minimum Gasteiger partial charge on any atom is -0.481 e. The van der Waals surface area contributed by atoms with E-state index >= 15 is 0 Å². The molecule has 1 N–H and O–H groups in total. The van der Waals surface area contributed by atoms with Gasteiger partial charge in [0.1, 0.15) is 5.75 Å². The van der Waals surface area contributed by atoms with E-state index < -0.39 is 23.3 Å². The van der Waals surface area contributed by atoms with Crippen LogP contribution >= 0.6 is 11.6 Å². The van der Waals surface area contributed by atoms with Crippen molar-refractivity contribution in [2.75, 3.05) is 6.61 Å². The van der Waals surface area contributed by atoms with Crippen molar-refractivity contribution in [2.24, 2.45) is 5.10 Å². The van der Waals surface area contributed by atoms with Gasteiger partial charge in [-0.2, -0.15) is 5.10 Å². The van der Waals surface area contributed by atoms with Crippen LogP contribution in [0.15, 0.2) is 71.8 Å². The van der Waals surface area contributed by atoms with Gasteiger partial charge in [-0.05, 0) is 36.4 Å². The Hall–Kier alpha value is -3.98. The second-order valence-corrected chi connectivity index (χ2v) is 6.44. The fraction of sp³-hybridized carbons (Fsp3) is 0.0476. The van der Waals surface area contributed by atoms with Gasteiger partial charge in [0.2, 0.25) is 5.75 Å². The van der Waals surface area contributed by atoms with Gasteiger partial charge >= 0.3 is 5.69 Å². The van der Waals surface area contributed by atoms with Gasteiger partial charge in [0.15, 0.2) is 18.2 Å². The third-order valence-corrected chi connectivity index (χ3v) is 4.15. The van der Waals surface area contributed by atoms with Crippen molar-refractivity contribution in [3.63, 3.8) is 0 Å². The normalized spacial score (nSPS) is 10.6. The van der Waals surface area contributed by atoms with Gasteiger partial charge in [0, 0.05) is 11.6 Å².